The van der Waals surface area contributed by atoms with Gasteiger partial charge in [0.15, 0.2) is 18.1 Å². The van der Waals surface area contributed by atoms with E-state index in [1.165, 1.54) is 39.7 Å². The predicted octanol–water partition coefficient (Wildman–Crippen LogP) is 4.84. The molecule has 10 heteroatoms. The number of nitrogens with one attached hydrogen (secondary N) is 1. The van der Waals surface area contributed by atoms with E-state index in [0.29, 0.717) is 28.6 Å². The highest BCUT2D eigenvalue weighted by molar-refractivity contribution is 9.10. The SMILES string of the molecule is COc1cc(C(=O)Oc2ccccc2/C=N\NC(=O)COc2c(C)cc(Br)cc2C)cc(OC)c1OC. The van der Waals surface area contributed by atoms with Crippen molar-refractivity contribution in [2.75, 3.05) is 27.9 Å². The normalized spacial score (nSPS) is 10.6. The van der Waals surface area contributed by atoms with Gasteiger partial charge in [0.25, 0.3) is 5.91 Å². The highest BCUT2D eigenvalue weighted by atomic mass is 79.9. The highest BCUT2D eigenvalue weighted by Crippen LogP contribution is 2.38. The predicted molar refractivity (Wildman–Crippen MR) is 142 cm³/mol. The Balaban J connectivity index is 1.67. The first-order valence-corrected chi connectivity index (χ1v) is 11.9. The number of nitrogens with zero attached hydrogens (tertiary/aromatic N) is 1. The molecule has 37 heavy (non-hydrogen) atoms. The van der Waals surface area contributed by atoms with E-state index in [0.717, 1.165) is 15.6 Å². The van der Waals surface area contributed by atoms with E-state index < -0.39 is 11.9 Å². The van der Waals surface area contributed by atoms with Crippen LogP contribution in [0.15, 0.2) is 58.1 Å². The van der Waals surface area contributed by atoms with Crippen molar-refractivity contribution in [1.82, 2.24) is 5.43 Å². The van der Waals surface area contributed by atoms with Crippen LogP contribution in [0.5, 0.6) is 28.7 Å². The van der Waals surface area contributed by atoms with Gasteiger partial charge in [-0.05, 0) is 61.4 Å². The molecule has 194 valence electrons. The Hall–Kier alpha value is -4.05. The lowest BCUT2D eigenvalue weighted by molar-refractivity contribution is -0.123. The summed E-state index contributed by atoms with van der Waals surface area (Å²) in [7, 11) is 4.39. The number of hydrogen-bond donors (Lipinski definition) is 1. The zero-order chi connectivity index (χ0) is 26.9. The summed E-state index contributed by atoms with van der Waals surface area (Å²) >= 11 is 3.43. The molecule has 0 aromatic heterocycles. The molecule has 0 aliphatic heterocycles. The average molecular weight is 571 g/mol. The molecule has 0 fully saturated rings. The van der Waals surface area contributed by atoms with Crippen LogP contribution in [-0.2, 0) is 4.79 Å². The number of hydrogen-bond acceptors (Lipinski definition) is 8. The van der Waals surface area contributed by atoms with Crippen LogP contribution in [0.1, 0.15) is 27.0 Å². The third kappa shape index (κ3) is 7.01. The first-order chi connectivity index (χ1) is 17.8. The van der Waals surface area contributed by atoms with Gasteiger partial charge in [-0.1, -0.05) is 28.1 Å². The topological polar surface area (TPSA) is 105 Å². The number of methoxy groups -OCH3 is 3. The lowest BCUT2D eigenvalue weighted by Crippen LogP contribution is -2.25. The van der Waals surface area contributed by atoms with E-state index in [-0.39, 0.29) is 17.9 Å². The van der Waals surface area contributed by atoms with E-state index in [1.54, 1.807) is 24.3 Å². The van der Waals surface area contributed by atoms with E-state index in [2.05, 4.69) is 26.5 Å². The maximum absolute atomic E-state index is 12.9. The second-order valence-electron chi connectivity index (χ2n) is 7.79. The van der Waals surface area contributed by atoms with Crippen molar-refractivity contribution in [2.24, 2.45) is 5.10 Å². The van der Waals surface area contributed by atoms with Crippen molar-refractivity contribution in [3.05, 3.63) is 75.3 Å². The third-order valence-corrected chi connectivity index (χ3v) is 5.65. The monoisotopic (exact) mass is 570 g/mol. The molecule has 0 bridgehead atoms. The van der Waals surface area contributed by atoms with Gasteiger partial charge < -0.3 is 23.7 Å². The van der Waals surface area contributed by atoms with Gasteiger partial charge in [0.1, 0.15) is 11.5 Å². The number of benzene rings is 3. The number of aryl methyl sites for hydroxylation is 2. The molecule has 0 saturated heterocycles. The Labute approximate surface area is 223 Å². The van der Waals surface area contributed by atoms with Crippen molar-refractivity contribution in [1.29, 1.82) is 0 Å². The van der Waals surface area contributed by atoms with Crippen molar-refractivity contribution in [3.63, 3.8) is 0 Å². The van der Waals surface area contributed by atoms with Crippen LogP contribution in [-0.4, -0.2) is 46.0 Å². The summed E-state index contributed by atoms with van der Waals surface area (Å²) < 4.78 is 28.1. The Bertz CT molecular complexity index is 1280. The lowest BCUT2D eigenvalue weighted by atomic mass is 10.1. The summed E-state index contributed by atoms with van der Waals surface area (Å²) in [6.07, 6.45) is 1.38. The average Bonchev–Trinajstić information content (AvgIpc) is 2.88. The Morgan fingerprint density at radius 1 is 0.892 bits per heavy atom. The lowest BCUT2D eigenvalue weighted by Gasteiger charge is -2.14. The highest BCUT2D eigenvalue weighted by Gasteiger charge is 2.19. The van der Waals surface area contributed by atoms with E-state index in [4.69, 9.17) is 23.7 Å². The Morgan fingerprint density at radius 3 is 2.11 bits per heavy atom. The fourth-order valence-corrected chi connectivity index (χ4v) is 4.19. The second kappa shape index (κ2) is 12.8. The van der Waals surface area contributed by atoms with Crippen LogP contribution in [0.2, 0.25) is 0 Å². The molecule has 3 rings (SSSR count). The van der Waals surface area contributed by atoms with Crippen LogP contribution in [0.4, 0.5) is 0 Å². The van der Waals surface area contributed by atoms with E-state index in [1.807, 2.05) is 26.0 Å². The molecular formula is C27H27BrN2O7. The maximum Gasteiger partial charge on any atom is 0.343 e. The number of ether oxygens (including phenoxy) is 5. The summed E-state index contributed by atoms with van der Waals surface area (Å²) in [5.74, 6) is 0.814. The Kier molecular flexibility index (Phi) is 9.51. The number of amides is 1. The first-order valence-electron chi connectivity index (χ1n) is 11.1. The smallest absolute Gasteiger partial charge is 0.343 e. The molecule has 0 heterocycles. The first kappa shape index (κ1) is 27.5. The number of hydrazone groups is 1. The summed E-state index contributed by atoms with van der Waals surface area (Å²) in [5, 5.41) is 3.97. The standard InChI is InChI=1S/C27H27BrN2O7/c1-16-10-20(28)11-17(2)25(16)36-15-24(31)30-29-14-18-8-6-7-9-21(18)37-27(32)19-12-22(33-3)26(35-5)23(13-19)34-4/h6-14H,15H2,1-5H3,(H,30,31)/b29-14-. The summed E-state index contributed by atoms with van der Waals surface area (Å²) in [4.78, 5) is 25.1. The van der Waals surface area contributed by atoms with Gasteiger partial charge >= 0.3 is 5.97 Å². The molecule has 0 spiro atoms. The van der Waals surface area contributed by atoms with Gasteiger partial charge in [-0.2, -0.15) is 5.10 Å². The molecule has 0 aliphatic carbocycles. The van der Waals surface area contributed by atoms with Crippen LogP contribution < -0.4 is 29.1 Å². The minimum Gasteiger partial charge on any atom is -0.493 e. The molecule has 0 saturated carbocycles. The zero-order valence-electron chi connectivity index (χ0n) is 21.1. The molecule has 3 aromatic rings. The summed E-state index contributed by atoms with van der Waals surface area (Å²) in [6.45, 7) is 3.59. The molecule has 0 radical (unpaired) electrons. The maximum atomic E-state index is 12.9. The van der Waals surface area contributed by atoms with Crippen molar-refractivity contribution >= 4 is 34.0 Å². The van der Waals surface area contributed by atoms with Crippen molar-refractivity contribution in [3.8, 4) is 28.7 Å². The largest absolute Gasteiger partial charge is 0.493 e. The fraction of sp³-hybridized carbons (Fsp3) is 0.222. The number of rotatable bonds is 10. The minimum atomic E-state index is -0.641. The summed E-state index contributed by atoms with van der Waals surface area (Å²) in [5.41, 5.74) is 4.91. The van der Waals surface area contributed by atoms with Crippen LogP contribution >= 0.6 is 15.9 Å². The van der Waals surface area contributed by atoms with E-state index in [9.17, 15) is 9.59 Å². The van der Waals surface area contributed by atoms with Crippen molar-refractivity contribution in [2.45, 2.75) is 13.8 Å². The molecular weight excluding hydrogens is 544 g/mol. The second-order valence-corrected chi connectivity index (χ2v) is 8.71. The van der Waals surface area contributed by atoms with Crippen LogP contribution in [0, 0.1) is 13.8 Å². The number of carbonyl (C=O) groups excluding carboxylic acids is 2. The van der Waals surface area contributed by atoms with Crippen LogP contribution in [0.3, 0.4) is 0 Å². The van der Waals surface area contributed by atoms with Gasteiger partial charge in [-0.3, -0.25) is 4.79 Å². The fourth-order valence-electron chi connectivity index (χ4n) is 3.51. The number of esters is 1. The molecule has 1 N–H and O–H groups in total. The molecule has 0 unspecified atom stereocenters. The number of carbonyl (C=O) groups is 2. The molecule has 0 aliphatic rings. The minimum absolute atomic E-state index is 0.199. The van der Waals surface area contributed by atoms with Gasteiger partial charge in [-0.15, -0.1) is 0 Å². The third-order valence-electron chi connectivity index (χ3n) is 5.19. The molecule has 9 nitrogen and oxygen atoms in total. The van der Waals surface area contributed by atoms with E-state index >= 15 is 0 Å². The van der Waals surface area contributed by atoms with Crippen molar-refractivity contribution < 1.29 is 33.3 Å². The van der Waals surface area contributed by atoms with Crippen LogP contribution in [0.25, 0.3) is 0 Å². The van der Waals surface area contributed by atoms with Gasteiger partial charge in [0.2, 0.25) is 5.75 Å². The number of para-hydroxylation sites is 1. The number of halogens is 1. The Morgan fingerprint density at radius 2 is 1.51 bits per heavy atom. The quantitative estimate of drug-likeness (QED) is 0.161. The molecule has 1 amide bonds. The van der Waals surface area contributed by atoms with Gasteiger partial charge in [-0.25, -0.2) is 10.2 Å². The molecule has 3 aromatic carbocycles. The molecule has 0 atom stereocenters. The van der Waals surface area contributed by atoms with Gasteiger partial charge in [0, 0.05) is 10.0 Å². The zero-order valence-corrected chi connectivity index (χ0v) is 22.7. The van der Waals surface area contributed by atoms with Gasteiger partial charge in [0.05, 0.1) is 33.1 Å². The summed E-state index contributed by atoms with van der Waals surface area (Å²) in [6, 6.07) is 13.6.